The quantitative estimate of drug-likeness (QED) is 0.654. The average Bonchev–Trinajstić information content (AvgIpc) is 3.54. The molecule has 2 aromatic rings. The van der Waals surface area contributed by atoms with E-state index in [4.69, 9.17) is 0 Å². The number of benzene rings is 2. The summed E-state index contributed by atoms with van der Waals surface area (Å²) >= 11 is 0. The SMILES string of the molecule is O=C(NCc1ccc(F)cc1)[C@@H]1C[C@]23CCN(CC4CC4)[C@H](Cc4ccc(O)cc42)[C@]3(O)C1. The molecule has 4 atom stereocenters. The molecule has 5 nitrogen and oxygen atoms in total. The number of amides is 1. The number of phenolic OH excluding ortho intramolecular Hbond substituents is 1. The molecule has 6 rings (SSSR count). The molecule has 2 saturated carbocycles. The minimum atomic E-state index is -0.987. The third kappa shape index (κ3) is 3.38. The number of carbonyl (C=O) groups is 1. The van der Waals surface area contributed by atoms with Crippen molar-refractivity contribution in [3.8, 4) is 5.75 Å². The van der Waals surface area contributed by atoms with Crippen LogP contribution in [0.5, 0.6) is 5.75 Å². The number of nitrogens with zero attached hydrogens (tertiary/aromatic N) is 1. The van der Waals surface area contributed by atoms with E-state index in [1.54, 1.807) is 18.2 Å². The fraction of sp³-hybridized carbons (Fsp3) is 0.519. The molecule has 3 N–H and O–H groups in total. The van der Waals surface area contributed by atoms with Gasteiger partial charge in [-0.05, 0) is 91.9 Å². The van der Waals surface area contributed by atoms with Crippen molar-refractivity contribution in [2.75, 3.05) is 13.1 Å². The first-order chi connectivity index (χ1) is 15.9. The van der Waals surface area contributed by atoms with Crippen LogP contribution in [0.15, 0.2) is 42.5 Å². The van der Waals surface area contributed by atoms with Gasteiger partial charge < -0.3 is 15.5 Å². The third-order valence-corrected chi connectivity index (χ3v) is 8.76. The van der Waals surface area contributed by atoms with Gasteiger partial charge in [-0.25, -0.2) is 4.39 Å². The Morgan fingerprint density at radius 2 is 1.94 bits per heavy atom. The Labute approximate surface area is 193 Å². The van der Waals surface area contributed by atoms with E-state index in [0.717, 1.165) is 43.0 Å². The number of rotatable bonds is 5. The maximum Gasteiger partial charge on any atom is 0.223 e. The van der Waals surface area contributed by atoms with Crippen LogP contribution in [-0.4, -0.2) is 45.8 Å². The van der Waals surface area contributed by atoms with Crippen molar-refractivity contribution in [3.63, 3.8) is 0 Å². The second-order valence-electron chi connectivity index (χ2n) is 10.7. The fourth-order valence-electron chi connectivity index (χ4n) is 6.95. The summed E-state index contributed by atoms with van der Waals surface area (Å²) in [5, 5.41) is 25.6. The van der Waals surface area contributed by atoms with E-state index in [2.05, 4.69) is 10.2 Å². The fourth-order valence-corrected chi connectivity index (χ4v) is 6.95. The number of phenols is 1. The summed E-state index contributed by atoms with van der Waals surface area (Å²) in [6.07, 6.45) is 5.11. The van der Waals surface area contributed by atoms with Gasteiger partial charge in [-0.1, -0.05) is 18.2 Å². The first-order valence-electron chi connectivity index (χ1n) is 12.2. The van der Waals surface area contributed by atoms with Crippen molar-refractivity contribution in [1.29, 1.82) is 0 Å². The highest BCUT2D eigenvalue weighted by Crippen LogP contribution is 2.62. The Morgan fingerprint density at radius 3 is 2.70 bits per heavy atom. The van der Waals surface area contributed by atoms with E-state index in [1.165, 1.54) is 30.5 Å². The van der Waals surface area contributed by atoms with Crippen LogP contribution in [0.25, 0.3) is 0 Å². The van der Waals surface area contributed by atoms with E-state index >= 15 is 0 Å². The van der Waals surface area contributed by atoms with Crippen molar-refractivity contribution in [2.45, 2.75) is 62.1 Å². The molecular weight excluding hydrogens is 419 g/mol. The van der Waals surface area contributed by atoms with Crippen molar-refractivity contribution < 1.29 is 19.4 Å². The molecule has 2 aromatic carbocycles. The largest absolute Gasteiger partial charge is 0.508 e. The predicted molar refractivity (Wildman–Crippen MR) is 122 cm³/mol. The van der Waals surface area contributed by atoms with Crippen LogP contribution in [0.3, 0.4) is 0 Å². The van der Waals surface area contributed by atoms with E-state index in [1.807, 2.05) is 12.1 Å². The molecule has 1 aliphatic heterocycles. The van der Waals surface area contributed by atoms with Gasteiger partial charge in [0.25, 0.3) is 0 Å². The molecule has 6 heteroatoms. The van der Waals surface area contributed by atoms with E-state index < -0.39 is 11.0 Å². The van der Waals surface area contributed by atoms with Crippen molar-refractivity contribution >= 4 is 5.91 Å². The lowest BCUT2D eigenvalue weighted by Crippen LogP contribution is -2.69. The molecule has 1 saturated heterocycles. The molecule has 174 valence electrons. The van der Waals surface area contributed by atoms with Gasteiger partial charge in [0.2, 0.25) is 5.91 Å². The number of piperidine rings is 1. The van der Waals surface area contributed by atoms with Crippen LogP contribution < -0.4 is 5.32 Å². The number of hydrogen-bond acceptors (Lipinski definition) is 4. The van der Waals surface area contributed by atoms with Crippen molar-refractivity contribution in [3.05, 3.63) is 65.0 Å². The molecule has 1 heterocycles. The Hall–Kier alpha value is -2.44. The molecule has 0 spiro atoms. The topological polar surface area (TPSA) is 72.8 Å². The van der Waals surface area contributed by atoms with Crippen LogP contribution >= 0.6 is 0 Å². The van der Waals surface area contributed by atoms with Gasteiger partial charge >= 0.3 is 0 Å². The lowest BCUT2D eigenvalue weighted by atomic mass is 9.56. The number of likely N-dealkylation sites (tertiary alicyclic amines) is 1. The molecular formula is C27H31FN2O3. The molecule has 0 radical (unpaired) electrons. The molecule has 3 fully saturated rings. The second kappa shape index (κ2) is 7.54. The Morgan fingerprint density at radius 1 is 1.15 bits per heavy atom. The van der Waals surface area contributed by atoms with Crippen LogP contribution in [0.1, 0.15) is 48.8 Å². The summed E-state index contributed by atoms with van der Waals surface area (Å²) in [5.74, 6) is 0.299. The zero-order chi connectivity index (χ0) is 22.8. The Kier molecular flexibility index (Phi) is 4.82. The molecule has 0 aromatic heterocycles. The van der Waals surface area contributed by atoms with Crippen molar-refractivity contribution in [1.82, 2.24) is 10.2 Å². The predicted octanol–water partition coefficient (Wildman–Crippen LogP) is 3.27. The summed E-state index contributed by atoms with van der Waals surface area (Å²) in [5.41, 5.74) is 1.57. The van der Waals surface area contributed by atoms with Gasteiger partial charge in [0.05, 0.1) is 5.60 Å². The number of aromatic hydroxyl groups is 1. The lowest BCUT2D eigenvalue weighted by Gasteiger charge is -2.59. The van der Waals surface area contributed by atoms with Crippen molar-refractivity contribution in [2.24, 2.45) is 11.8 Å². The minimum Gasteiger partial charge on any atom is -0.508 e. The molecule has 1 amide bonds. The van der Waals surface area contributed by atoms with Gasteiger partial charge in [-0.2, -0.15) is 0 Å². The standard InChI is InChI=1S/C27H31FN2O3/c28-21-6-3-17(4-7-21)15-29-25(32)20-13-26-9-10-30(16-18-1-2-18)24(27(26,33)14-20)11-19-5-8-22(31)12-23(19)26/h3-8,12,18,20,24,31,33H,1-2,9-11,13-16H2,(H,29,32)/t20-,24-,26-,27-/m1/s1. The first-order valence-corrected chi connectivity index (χ1v) is 12.2. The number of fused-ring (bicyclic) bond motifs is 1. The maximum atomic E-state index is 13.2. The highest BCUT2D eigenvalue weighted by Gasteiger charge is 2.68. The monoisotopic (exact) mass is 450 g/mol. The summed E-state index contributed by atoms with van der Waals surface area (Å²) in [4.78, 5) is 15.7. The van der Waals surface area contributed by atoms with Crippen LogP contribution in [0, 0.1) is 17.7 Å². The number of aliphatic hydroxyl groups is 1. The van der Waals surface area contributed by atoms with Crippen LogP contribution in [0.4, 0.5) is 4.39 Å². The van der Waals surface area contributed by atoms with E-state index in [-0.39, 0.29) is 29.4 Å². The highest BCUT2D eigenvalue weighted by atomic mass is 19.1. The highest BCUT2D eigenvalue weighted by molar-refractivity contribution is 5.80. The molecule has 0 unspecified atom stereocenters. The number of carbonyl (C=O) groups excluding carboxylic acids is 1. The zero-order valence-corrected chi connectivity index (χ0v) is 18.8. The smallest absolute Gasteiger partial charge is 0.223 e. The molecule has 3 aliphatic carbocycles. The summed E-state index contributed by atoms with van der Waals surface area (Å²) in [7, 11) is 0. The maximum absolute atomic E-state index is 13.2. The van der Waals surface area contributed by atoms with Gasteiger partial charge in [0.15, 0.2) is 0 Å². The van der Waals surface area contributed by atoms with Gasteiger partial charge in [0, 0.05) is 30.5 Å². The first kappa shape index (κ1) is 21.1. The average molecular weight is 451 g/mol. The Balaban J connectivity index is 1.30. The molecule has 4 aliphatic rings. The number of hydrogen-bond donors (Lipinski definition) is 3. The molecule has 2 bridgehead atoms. The van der Waals surface area contributed by atoms with Crippen LogP contribution in [0.2, 0.25) is 0 Å². The zero-order valence-electron chi connectivity index (χ0n) is 18.8. The number of halogens is 1. The second-order valence-corrected chi connectivity index (χ2v) is 10.7. The van der Waals surface area contributed by atoms with Gasteiger partial charge in [-0.15, -0.1) is 0 Å². The normalized spacial score (nSPS) is 32.8. The summed E-state index contributed by atoms with van der Waals surface area (Å²) < 4.78 is 13.2. The minimum absolute atomic E-state index is 0.00112. The lowest BCUT2D eigenvalue weighted by molar-refractivity contribution is -0.134. The number of nitrogens with one attached hydrogen (secondary N) is 1. The van der Waals surface area contributed by atoms with Gasteiger partial charge in [-0.3, -0.25) is 9.69 Å². The Bertz CT molecular complexity index is 1090. The van der Waals surface area contributed by atoms with Crippen LogP contribution in [-0.2, 0) is 23.2 Å². The van der Waals surface area contributed by atoms with E-state index in [9.17, 15) is 19.4 Å². The third-order valence-electron chi connectivity index (χ3n) is 8.76. The van der Waals surface area contributed by atoms with E-state index in [0.29, 0.717) is 19.4 Å². The van der Waals surface area contributed by atoms with Gasteiger partial charge in [0.1, 0.15) is 11.6 Å². The molecule has 33 heavy (non-hydrogen) atoms. The summed E-state index contributed by atoms with van der Waals surface area (Å²) in [6, 6.07) is 11.7. The summed E-state index contributed by atoms with van der Waals surface area (Å²) in [6.45, 7) is 2.29.